The molecule has 6 aromatic rings. The van der Waals surface area contributed by atoms with Crippen LogP contribution in [0.4, 0.5) is 0 Å². The van der Waals surface area contributed by atoms with Gasteiger partial charge in [-0.1, -0.05) is 0 Å². The number of allylic oxidation sites excluding steroid dienone is 2. The third-order valence-corrected chi connectivity index (χ3v) is 33.8. The minimum absolute atomic E-state index is 0.480. The van der Waals surface area contributed by atoms with Gasteiger partial charge >= 0.3 is 322 Å². The Hall–Kier alpha value is -4.10. The van der Waals surface area contributed by atoms with Gasteiger partial charge in [-0.2, -0.15) is 0 Å². The quantitative estimate of drug-likeness (QED) is 0.142. The Labute approximate surface area is 320 Å². The van der Waals surface area contributed by atoms with Crippen LogP contribution in [0, 0.1) is 41.5 Å². The second-order valence-electron chi connectivity index (χ2n) is 15.4. The third kappa shape index (κ3) is 5.84. The van der Waals surface area contributed by atoms with Gasteiger partial charge in [0.2, 0.25) is 0 Å². The molecular formula is C50H49SiZr. The molecule has 0 N–H and O–H groups in total. The van der Waals surface area contributed by atoms with E-state index in [4.69, 9.17) is 0 Å². The van der Waals surface area contributed by atoms with Gasteiger partial charge in [-0.15, -0.1) is 0 Å². The number of benzene rings is 6. The minimum atomic E-state index is -2.49. The molecule has 0 heterocycles. The van der Waals surface area contributed by atoms with Crippen molar-refractivity contribution < 1.29 is 20.9 Å². The van der Waals surface area contributed by atoms with Crippen LogP contribution in [0.15, 0.2) is 121 Å². The first kappa shape index (κ1) is 35.0. The van der Waals surface area contributed by atoms with E-state index in [1.807, 2.05) is 0 Å². The molecule has 0 spiro atoms. The van der Waals surface area contributed by atoms with E-state index in [1.54, 1.807) is 22.3 Å². The maximum atomic E-state index is 2.69. The van der Waals surface area contributed by atoms with Crippen molar-refractivity contribution in [3.63, 3.8) is 0 Å². The Morgan fingerprint density at radius 2 is 0.808 bits per heavy atom. The maximum absolute atomic E-state index is 2.69. The van der Waals surface area contributed by atoms with Gasteiger partial charge < -0.3 is 0 Å². The Kier molecular flexibility index (Phi) is 9.44. The molecule has 0 saturated heterocycles. The first-order valence-electron chi connectivity index (χ1n) is 19.0. The van der Waals surface area contributed by atoms with E-state index in [1.165, 1.54) is 77.9 Å². The number of hydrogen-bond acceptors (Lipinski definition) is 0. The van der Waals surface area contributed by atoms with Gasteiger partial charge in [-0.3, -0.25) is 0 Å². The molecule has 0 radical (unpaired) electrons. The predicted molar refractivity (Wildman–Crippen MR) is 225 cm³/mol. The summed E-state index contributed by atoms with van der Waals surface area (Å²) >= 11 is -2.49. The molecule has 8 rings (SSSR count). The first-order chi connectivity index (χ1) is 25.2. The van der Waals surface area contributed by atoms with Crippen LogP contribution in [-0.2, 0) is 20.9 Å². The van der Waals surface area contributed by atoms with Crippen LogP contribution < -0.4 is 0 Å². The van der Waals surface area contributed by atoms with Crippen molar-refractivity contribution >= 4 is 29.2 Å². The van der Waals surface area contributed by atoms with Gasteiger partial charge in [0.15, 0.2) is 0 Å². The van der Waals surface area contributed by atoms with E-state index in [2.05, 4.69) is 188 Å². The van der Waals surface area contributed by atoms with Gasteiger partial charge in [-0.05, 0) is 0 Å². The van der Waals surface area contributed by atoms with Crippen molar-refractivity contribution in [1.29, 1.82) is 0 Å². The van der Waals surface area contributed by atoms with E-state index in [0.717, 1.165) is 0 Å². The first-order valence-corrected chi connectivity index (χ1v) is 28.9. The molecule has 0 aromatic heterocycles. The average molecular weight is 769 g/mol. The molecule has 0 saturated carbocycles. The summed E-state index contributed by atoms with van der Waals surface area (Å²) in [6, 6.07) is 46.6. The topological polar surface area (TPSA) is 0 Å². The molecule has 2 unspecified atom stereocenters. The summed E-state index contributed by atoms with van der Waals surface area (Å²) in [5.74, 6) is -1.15. The van der Waals surface area contributed by atoms with Crippen LogP contribution in [0.3, 0.4) is 0 Å². The van der Waals surface area contributed by atoms with Crippen molar-refractivity contribution in [2.75, 3.05) is 0 Å². The summed E-state index contributed by atoms with van der Waals surface area (Å²) in [5.41, 5.74) is 25.8. The summed E-state index contributed by atoms with van der Waals surface area (Å²) < 4.78 is 0.960. The number of fused-ring (bicyclic) bond motifs is 2. The van der Waals surface area contributed by atoms with Crippen molar-refractivity contribution in [3.8, 4) is 22.3 Å². The summed E-state index contributed by atoms with van der Waals surface area (Å²) in [6.45, 7) is 19.0. The van der Waals surface area contributed by atoms with Crippen molar-refractivity contribution in [2.24, 2.45) is 0 Å². The molecule has 0 nitrogen and oxygen atoms in total. The summed E-state index contributed by atoms with van der Waals surface area (Å²) in [5, 5.41) is 0. The zero-order valence-corrected chi connectivity index (χ0v) is 35.5. The molecular weight excluding hydrogens is 720 g/mol. The Morgan fingerprint density at radius 3 is 1.19 bits per heavy atom. The second kappa shape index (κ2) is 14.0. The van der Waals surface area contributed by atoms with E-state index >= 15 is 0 Å². The molecule has 0 bridgehead atoms. The van der Waals surface area contributed by atoms with Gasteiger partial charge in [0.25, 0.3) is 0 Å². The Morgan fingerprint density at radius 1 is 0.404 bits per heavy atom. The van der Waals surface area contributed by atoms with Crippen LogP contribution >= 0.6 is 0 Å². The summed E-state index contributed by atoms with van der Waals surface area (Å²) in [7, 11) is 0. The predicted octanol–water partition coefficient (Wildman–Crippen LogP) is 13.4. The summed E-state index contributed by atoms with van der Waals surface area (Å²) in [4.78, 5) is 0. The zero-order chi connectivity index (χ0) is 36.3. The van der Waals surface area contributed by atoms with Crippen LogP contribution in [0.5, 0.6) is 0 Å². The molecule has 2 aliphatic carbocycles. The monoisotopic (exact) mass is 767 g/mol. The fourth-order valence-corrected chi connectivity index (χ4v) is 31.3. The molecule has 2 atom stereocenters. The molecule has 0 fully saturated rings. The van der Waals surface area contributed by atoms with Gasteiger partial charge in [-0.25, -0.2) is 0 Å². The fraction of sp³-hybridized carbons (Fsp3) is 0.200. The van der Waals surface area contributed by atoms with Crippen LogP contribution in [0.1, 0.15) is 74.0 Å². The van der Waals surface area contributed by atoms with Crippen LogP contribution in [0.25, 0.3) is 45.6 Å². The van der Waals surface area contributed by atoms with Gasteiger partial charge in [0.05, 0.1) is 0 Å². The summed E-state index contributed by atoms with van der Waals surface area (Å²) in [6.07, 6.45) is 5.24. The van der Waals surface area contributed by atoms with E-state index in [0.29, 0.717) is 7.25 Å². The van der Waals surface area contributed by atoms with E-state index in [9.17, 15) is 0 Å². The second-order valence-corrected chi connectivity index (χ2v) is 35.5. The number of rotatable bonds is 7. The number of aryl methyl sites for hydroxylation is 2. The molecule has 2 heteroatoms. The third-order valence-electron chi connectivity index (χ3n) is 12.4. The number of hydrogen-bond donors (Lipinski definition) is 0. The van der Waals surface area contributed by atoms with Crippen LogP contribution in [0.2, 0.25) is 13.1 Å². The Bertz CT molecular complexity index is 2230. The van der Waals surface area contributed by atoms with Gasteiger partial charge in [0, 0.05) is 0 Å². The van der Waals surface area contributed by atoms with Crippen LogP contribution in [-0.4, -0.2) is 5.92 Å². The Balaban J connectivity index is 1.37. The van der Waals surface area contributed by atoms with Crippen molar-refractivity contribution in [3.05, 3.63) is 188 Å². The van der Waals surface area contributed by atoms with E-state index < -0.39 is 26.8 Å². The molecule has 0 aliphatic heterocycles. The standard InChI is InChI=1S/2C24H21.C2H7Si.Zr/c2*1-16-12-13-22(18(3)17(16)2)23-11-7-10-20-14-21(15-24(20)23)19-8-5-4-6-9-19;1-3-2;/h2*4-15H,1-3H3;3H,1-2H3;. The van der Waals surface area contributed by atoms with E-state index in [-0.39, 0.29) is 0 Å². The molecule has 257 valence electrons. The molecule has 2 aliphatic rings. The average Bonchev–Trinajstić information content (AvgIpc) is 3.74. The fourth-order valence-electron chi connectivity index (χ4n) is 9.08. The SMILES string of the molecule is Cc1ccc(-c2cccc3c2C=C(c2ccccc2)[CH]3[Zr]([CH]2C(c3ccccc3)=Cc3c(-c4ccc(C)c(C)c4C)cccc32)[SiH](C)C)c(C)c1C. The zero-order valence-electron chi connectivity index (χ0n) is 31.9. The normalized spacial score (nSPS) is 16.1. The molecule has 0 amide bonds. The van der Waals surface area contributed by atoms with Gasteiger partial charge in [0.1, 0.15) is 0 Å². The van der Waals surface area contributed by atoms with Crippen molar-refractivity contribution in [1.82, 2.24) is 0 Å². The van der Waals surface area contributed by atoms with Crippen molar-refractivity contribution in [2.45, 2.75) is 61.9 Å². The molecule has 6 aromatic carbocycles. The molecule has 52 heavy (non-hydrogen) atoms.